The van der Waals surface area contributed by atoms with Gasteiger partial charge in [-0.1, -0.05) is 11.6 Å². The predicted octanol–water partition coefficient (Wildman–Crippen LogP) is 4.48. The van der Waals surface area contributed by atoms with Crippen molar-refractivity contribution in [2.45, 2.75) is 6.04 Å². The zero-order valence-electron chi connectivity index (χ0n) is 10.0. The Bertz CT molecular complexity index is 530. The van der Waals surface area contributed by atoms with E-state index in [1.54, 1.807) is 18.4 Å². The monoisotopic (exact) mass is 345 g/mol. The molecule has 5 heteroatoms. The topological polar surface area (TPSA) is 21.3 Å². The van der Waals surface area contributed by atoms with Crippen LogP contribution in [0.2, 0.25) is 5.02 Å². The lowest BCUT2D eigenvalue weighted by atomic mass is 10.0. The number of thiophene rings is 1. The fraction of sp³-hybridized carbons (Fsp3) is 0.231. The van der Waals surface area contributed by atoms with Gasteiger partial charge in [0, 0.05) is 10.6 Å². The Morgan fingerprint density at radius 2 is 2.22 bits per heavy atom. The molecule has 0 saturated carbocycles. The fourth-order valence-corrected chi connectivity index (χ4v) is 3.63. The van der Waals surface area contributed by atoms with E-state index in [4.69, 9.17) is 16.3 Å². The van der Waals surface area contributed by atoms with E-state index >= 15 is 0 Å². The molecule has 1 aromatic carbocycles. The molecule has 0 amide bonds. The largest absolute Gasteiger partial charge is 0.495 e. The van der Waals surface area contributed by atoms with Crippen LogP contribution in [-0.4, -0.2) is 14.2 Å². The van der Waals surface area contributed by atoms with Crippen molar-refractivity contribution in [2.75, 3.05) is 14.2 Å². The number of halogens is 2. The minimum Gasteiger partial charge on any atom is -0.495 e. The van der Waals surface area contributed by atoms with Crippen LogP contribution in [-0.2, 0) is 0 Å². The predicted molar refractivity (Wildman–Crippen MR) is 80.9 cm³/mol. The Morgan fingerprint density at radius 1 is 1.44 bits per heavy atom. The van der Waals surface area contributed by atoms with Crippen molar-refractivity contribution in [2.24, 2.45) is 0 Å². The summed E-state index contributed by atoms with van der Waals surface area (Å²) in [5.74, 6) is 0.810. The molecular formula is C13H13BrClNOS. The molecule has 1 aromatic heterocycles. The molecule has 1 atom stereocenters. The molecule has 2 nitrogen and oxygen atoms in total. The second-order valence-electron chi connectivity index (χ2n) is 3.79. The van der Waals surface area contributed by atoms with Gasteiger partial charge in [0.15, 0.2) is 0 Å². The summed E-state index contributed by atoms with van der Waals surface area (Å²) in [6.07, 6.45) is 0. The number of nitrogens with one attached hydrogen (secondary N) is 1. The number of methoxy groups -OCH3 is 1. The standard InChI is InChI=1S/C13H13BrClNOS/c1-16-12(8-3-4-18-7-8)10-5-9(15)6-11(14)13(10)17-2/h3-7,12,16H,1-2H3. The quantitative estimate of drug-likeness (QED) is 0.881. The molecule has 0 aliphatic heterocycles. The second-order valence-corrected chi connectivity index (χ2v) is 5.86. The Kier molecular flexibility index (Phi) is 4.67. The van der Waals surface area contributed by atoms with Crippen LogP contribution >= 0.6 is 38.9 Å². The molecule has 2 aromatic rings. The average molecular weight is 347 g/mol. The van der Waals surface area contributed by atoms with Gasteiger partial charge in [-0.15, -0.1) is 0 Å². The minimum absolute atomic E-state index is 0.0706. The zero-order chi connectivity index (χ0) is 13.1. The van der Waals surface area contributed by atoms with E-state index in [9.17, 15) is 0 Å². The number of ether oxygens (including phenoxy) is 1. The SMILES string of the molecule is CNC(c1ccsc1)c1cc(Cl)cc(Br)c1OC. The van der Waals surface area contributed by atoms with Crippen molar-refractivity contribution in [1.82, 2.24) is 5.32 Å². The molecule has 0 spiro atoms. The van der Waals surface area contributed by atoms with Gasteiger partial charge in [0.05, 0.1) is 17.6 Å². The fourth-order valence-electron chi connectivity index (χ4n) is 1.95. The van der Waals surface area contributed by atoms with E-state index in [0.29, 0.717) is 5.02 Å². The van der Waals surface area contributed by atoms with Gasteiger partial charge in [0.25, 0.3) is 0 Å². The third-order valence-corrected chi connectivity index (χ3v) is 4.23. The Balaban J connectivity index is 2.54. The number of benzene rings is 1. The maximum absolute atomic E-state index is 6.13. The Morgan fingerprint density at radius 3 is 2.78 bits per heavy atom. The first-order valence-corrected chi connectivity index (χ1v) is 7.51. The zero-order valence-corrected chi connectivity index (χ0v) is 13.2. The van der Waals surface area contributed by atoms with Crippen LogP contribution in [0.15, 0.2) is 33.4 Å². The molecule has 0 aliphatic rings. The highest BCUT2D eigenvalue weighted by Gasteiger charge is 2.19. The summed E-state index contributed by atoms with van der Waals surface area (Å²) in [7, 11) is 3.59. The summed E-state index contributed by atoms with van der Waals surface area (Å²) in [5.41, 5.74) is 2.23. The van der Waals surface area contributed by atoms with E-state index in [-0.39, 0.29) is 6.04 Å². The van der Waals surface area contributed by atoms with Gasteiger partial charge in [-0.05, 0) is 57.5 Å². The summed E-state index contributed by atoms with van der Waals surface area (Å²) in [6, 6.07) is 5.94. The van der Waals surface area contributed by atoms with Crippen LogP contribution in [0.4, 0.5) is 0 Å². The van der Waals surface area contributed by atoms with Gasteiger partial charge in [-0.2, -0.15) is 11.3 Å². The highest BCUT2D eigenvalue weighted by atomic mass is 79.9. The first kappa shape index (κ1) is 13.9. The molecule has 1 heterocycles. The van der Waals surface area contributed by atoms with Crippen LogP contribution in [0, 0.1) is 0 Å². The van der Waals surface area contributed by atoms with E-state index in [0.717, 1.165) is 15.8 Å². The van der Waals surface area contributed by atoms with Crippen LogP contribution in [0.1, 0.15) is 17.2 Å². The van der Waals surface area contributed by atoms with Gasteiger partial charge < -0.3 is 10.1 Å². The summed E-state index contributed by atoms with van der Waals surface area (Å²) in [5, 5.41) is 8.17. The first-order valence-electron chi connectivity index (χ1n) is 5.39. The lowest BCUT2D eigenvalue weighted by Crippen LogP contribution is -2.18. The van der Waals surface area contributed by atoms with Gasteiger partial charge in [0.2, 0.25) is 0 Å². The molecule has 1 N–H and O–H groups in total. The van der Waals surface area contributed by atoms with Crippen molar-refractivity contribution in [3.63, 3.8) is 0 Å². The lowest BCUT2D eigenvalue weighted by Gasteiger charge is -2.20. The molecule has 18 heavy (non-hydrogen) atoms. The van der Waals surface area contributed by atoms with E-state index < -0.39 is 0 Å². The third kappa shape index (κ3) is 2.72. The van der Waals surface area contributed by atoms with Crippen molar-refractivity contribution in [3.05, 3.63) is 49.6 Å². The third-order valence-electron chi connectivity index (χ3n) is 2.72. The Labute approximate surface area is 124 Å². The summed E-state index contributed by atoms with van der Waals surface area (Å²) in [6.45, 7) is 0. The van der Waals surface area contributed by atoms with Crippen LogP contribution in [0.25, 0.3) is 0 Å². The van der Waals surface area contributed by atoms with Crippen LogP contribution in [0.3, 0.4) is 0 Å². The molecule has 0 aliphatic carbocycles. The van der Waals surface area contributed by atoms with Gasteiger partial charge in [0.1, 0.15) is 5.75 Å². The maximum Gasteiger partial charge on any atom is 0.138 e. The molecule has 0 bridgehead atoms. The van der Waals surface area contributed by atoms with E-state index in [2.05, 4.69) is 38.1 Å². The van der Waals surface area contributed by atoms with Gasteiger partial charge >= 0.3 is 0 Å². The maximum atomic E-state index is 6.13. The summed E-state index contributed by atoms with van der Waals surface area (Å²) < 4.78 is 6.33. The molecule has 1 unspecified atom stereocenters. The molecule has 0 radical (unpaired) electrons. The van der Waals surface area contributed by atoms with Crippen molar-refractivity contribution < 1.29 is 4.74 Å². The smallest absolute Gasteiger partial charge is 0.138 e. The van der Waals surface area contributed by atoms with E-state index in [1.165, 1.54) is 5.56 Å². The lowest BCUT2D eigenvalue weighted by molar-refractivity contribution is 0.403. The normalized spacial score (nSPS) is 12.4. The summed E-state index contributed by atoms with van der Waals surface area (Å²) in [4.78, 5) is 0. The average Bonchev–Trinajstić information content (AvgIpc) is 2.83. The molecule has 0 fully saturated rings. The number of hydrogen-bond donors (Lipinski definition) is 1. The van der Waals surface area contributed by atoms with Crippen molar-refractivity contribution >= 4 is 38.9 Å². The molecule has 96 valence electrons. The molecule has 2 rings (SSSR count). The first-order chi connectivity index (χ1) is 8.67. The van der Waals surface area contributed by atoms with E-state index in [1.807, 2.05) is 19.2 Å². The Hall–Kier alpha value is -0.550. The molecule has 0 saturated heterocycles. The highest BCUT2D eigenvalue weighted by Crippen LogP contribution is 2.38. The van der Waals surface area contributed by atoms with Gasteiger partial charge in [-0.3, -0.25) is 0 Å². The summed E-state index contributed by atoms with van der Waals surface area (Å²) >= 11 is 11.3. The highest BCUT2D eigenvalue weighted by molar-refractivity contribution is 9.10. The van der Waals surface area contributed by atoms with Crippen LogP contribution < -0.4 is 10.1 Å². The number of rotatable bonds is 4. The minimum atomic E-state index is 0.0706. The van der Waals surface area contributed by atoms with Gasteiger partial charge in [-0.25, -0.2) is 0 Å². The number of hydrogen-bond acceptors (Lipinski definition) is 3. The van der Waals surface area contributed by atoms with Crippen molar-refractivity contribution in [1.29, 1.82) is 0 Å². The van der Waals surface area contributed by atoms with Crippen molar-refractivity contribution in [3.8, 4) is 5.75 Å². The van der Waals surface area contributed by atoms with Crippen LogP contribution in [0.5, 0.6) is 5.75 Å². The second kappa shape index (κ2) is 6.06. The molecular weight excluding hydrogens is 334 g/mol.